The molecular weight excluding hydrogens is 480 g/mol. The molecule has 4 aromatic rings. The van der Waals surface area contributed by atoms with Crippen molar-refractivity contribution in [1.29, 1.82) is 0 Å². The molecule has 38 heavy (non-hydrogen) atoms. The second kappa shape index (κ2) is 11.1. The highest BCUT2D eigenvalue weighted by atomic mass is 16.5. The Kier molecular flexibility index (Phi) is 7.29. The zero-order valence-electron chi connectivity index (χ0n) is 22.2. The van der Waals surface area contributed by atoms with Gasteiger partial charge in [-0.05, 0) is 68.0 Å². The number of rotatable bonds is 4. The first kappa shape index (κ1) is 24.9. The number of aromatic amines is 2. The minimum absolute atomic E-state index is 0.142. The molecule has 0 amide bonds. The van der Waals surface area contributed by atoms with Gasteiger partial charge in [0.05, 0.1) is 19.8 Å². The number of fused-ring (bicyclic) bond motifs is 5. The Hall–Kier alpha value is -3.43. The average molecular weight is 517 g/mol. The number of hydrogen-bond donors (Lipinski definition) is 2. The molecule has 2 bridgehead atoms. The lowest BCUT2D eigenvalue weighted by molar-refractivity contribution is -0.0203. The number of aryl methyl sites for hydroxylation is 1. The van der Waals surface area contributed by atoms with Crippen LogP contribution in [0.1, 0.15) is 61.3 Å². The van der Waals surface area contributed by atoms with Crippen molar-refractivity contribution in [1.82, 2.24) is 30.5 Å². The Morgan fingerprint density at radius 3 is 2.84 bits per heavy atom. The van der Waals surface area contributed by atoms with Crippen LogP contribution in [0, 0.1) is 6.92 Å². The van der Waals surface area contributed by atoms with E-state index < -0.39 is 0 Å². The number of benzene rings is 2. The topological polar surface area (TPSA) is 101 Å². The summed E-state index contributed by atoms with van der Waals surface area (Å²) in [4.78, 5) is 5.98. The number of tetrazole rings is 1. The van der Waals surface area contributed by atoms with E-state index in [9.17, 15) is 0 Å². The molecule has 0 spiro atoms. The van der Waals surface area contributed by atoms with E-state index in [4.69, 9.17) is 14.2 Å². The van der Waals surface area contributed by atoms with Crippen LogP contribution >= 0.6 is 0 Å². The fourth-order valence-electron chi connectivity index (χ4n) is 5.98. The van der Waals surface area contributed by atoms with Crippen molar-refractivity contribution < 1.29 is 14.2 Å². The quantitative estimate of drug-likeness (QED) is 0.378. The number of aromatic nitrogens is 5. The van der Waals surface area contributed by atoms with Gasteiger partial charge in [-0.1, -0.05) is 18.6 Å². The molecule has 6 rings (SSSR count). The third-order valence-corrected chi connectivity index (χ3v) is 7.98. The smallest absolute Gasteiger partial charge is 0.204 e. The van der Waals surface area contributed by atoms with Crippen molar-refractivity contribution in [3.8, 4) is 22.9 Å². The first-order chi connectivity index (χ1) is 18.7. The molecule has 2 atom stereocenters. The molecule has 0 saturated carbocycles. The molecule has 0 radical (unpaired) electrons. The van der Waals surface area contributed by atoms with Crippen molar-refractivity contribution in [2.45, 2.75) is 64.1 Å². The lowest BCUT2D eigenvalue weighted by Gasteiger charge is -2.40. The summed E-state index contributed by atoms with van der Waals surface area (Å²) in [5.41, 5.74) is 5.64. The lowest BCUT2D eigenvalue weighted by Crippen LogP contribution is -2.39. The molecule has 2 aromatic carbocycles. The molecule has 2 aliphatic rings. The van der Waals surface area contributed by atoms with Gasteiger partial charge in [0.2, 0.25) is 5.82 Å². The number of nitrogens with one attached hydrogen (secondary N) is 2. The van der Waals surface area contributed by atoms with Crippen LogP contribution in [0.3, 0.4) is 0 Å². The van der Waals surface area contributed by atoms with Crippen LogP contribution in [0.25, 0.3) is 22.3 Å². The maximum atomic E-state index is 6.46. The predicted molar refractivity (Wildman–Crippen MR) is 145 cm³/mol. The number of hydrogen-bond acceptors (Lipinski definition) is 7. The molecule has 200 valence electrons. The Morgan fingerprint density at radius 2 is 2.00 bits per heavy atom. The summed E-state index contributed by atoms with van der Waals surface area (Å²) in [5.74, 6) is 2.40. The Bertz CT molecular complexity index is 1370. The second-order valence-electron chi connectivity index (χ2n) is 10.4. The summed E-state index contributed by atoms with van der Waals surface area (Å²) in [6, 6.07) is 10.8. The molecule has 9 heteroatoms. The zero-order valence-corrected chi connectivity index (χ0v) is 22.2. The molecule has 2 N–H and O–H groups in total. The normalized spacial score (nSPS) is 21.1. The lowest BCUT2D eigenvalue weighted by atomic mass is 9.90. The number of nitrogens with zero attached hydrogens (tertiary/aromatic N) is 4. The predicted octanol–water partition coefficient (Wildman–Crippen LogP) is 5.34. The molecule has 9 nitrogen and oxygen atoms in total. The molecular formula is C29H36N6O3. The summed E-state index contributed by atoms with van der Waals surface area (Å²) in [6.45, 7) is 5.36. The van der Waals surface area contributed by atoms with Gasteiger partial charge >= 0.3 is 0 Å². The van der Waals surface area contributed by atoms with E-state index in [1.165, 1.54) is 34.0 Å². The van der Waals surface area contributed by atoms with Crippen LogP contribution in [0.2, 0.25) is 0 Å². The highest BCUT2D eigenvalue weighted by Crippen LogP contribution is 2.41. The number of likely N-dealkylation sites (tertiary alicyclic amines) is 1. The van der Waals surface area contributed by atoms with Crippen LogP contribution < -0.4 is 9.47 Å². The fourth-order valence-corrected chi connectivity index (χ4v) is 5.98. The monoisotopic (exact) mass is 516 g/mol. The summed E-state index contributed by atoms with van der Waals surface area (Å²) in [7, 11) is 1.76. The van der Waals surface area contributed by atoms with Gasteiger partial charge in [-0.15, -0.1) is 10.2 Å². The number of ether oxygens (including phenoxy) is 3. The summed E-state index contributed by atoms with van der Waals surface area (Å²) in [5, 5.41) is 15.9. The highest BCUT2D eigenvalue weighted by molar-refractivity contribution is 5.88. The van der Waals surface area contributed by atoms with Crippen molar-refractivity contribution in [2.75, 3.05) is 26.9 Å². The van der Waals surface area contributed by atoms with Crippen LogP contribution in [0.15, 0.2) is 36.5 Å². The summed E-state index contributed by atoms with van der Waals surface area (Å²) in [6.07, 6.45) is 8.61. The molecule has 0 unspecified atom stereocenters. The third kappa shape index (κ3) is 5.00. The van der Waals surface area contributed by atoms with E-state index in [-0.39, 0.29) is 12.1 Å². The van der Waals surface area contributed by atoms with E-state index in [2.05, 4.69) is 67.8 Å². The number of H-pyrrole nitrogens is 2. The highest BCUT2D eigenvalue weighted by Gasteiger charge is 2.33. The van der Waals surface area contributed by atoms with E-state index >= 15 is 0 Å². The van der Waals surface area contributed by atoms with Gasteiger partial charge in [-0.2, -0.15) is 5.21 Å². The largest absolute Gasteiger partial charge is 0.496 e. The molecule has 2 aliphatic heterocycles. The van der Waals surface area contributed by atoms with Crippen LogP contribution in [0.4, 0.5) is 0 Å². The Morgan fingerprint density at radius 1 is 1.11 bits per heavy atom. The van der Waals surface area contributed by atoms with Crippen molar-refractivity contribution >= 4 is 10.9 Å². The Balaban J connectivity index is 1.40. The van der Waals surface area contributed by atoms with E-state index in [0.29, 0.717) is 12.4 Å². The van der Waals surface area contributed by atoms with Gasteiger partial charge in [0.1, 0.15) is 11.5 Å². The van der Waals surface area contributed by atoms with Crippen molar-refractivity contribution in [3.63, 3.8) is 0 Å². The molecule has 2 aromatic heterocycles. The van der Waals surface area contributed by atoms with Gasteiger partial charge in [-0.25, -0.2) is 0 Å². The Labute approximate surface area is 222 Å². The van der Waals surface area contributed by atoms with Crippen LogP contribution in [0.5, 0.6) is 11.5 Å². The van der Waals surface area contributed by atoms with E-state index in [0.717, 1.165) is 68.9 Å². The van der Waals surface area contributed by atoms with Crippen LogP contribution in [-0.2, 0) is 11.3 Å². The minimum atomic E-state index is 0.142. The second-order valence-corrected chi connectivity index (χ2v) is 10.4. The minimum Gasteiger partial charge on any atom is -0.496 e. The standard InChI is InChI=1S/C29H36N6O3/c1-19-15-26(36-2)24(22-9-11-30-28(19)22)18-35-12-10-21-17-25(35)23-8-7-20(29-31-33-34-32-29)16-27(23)38-14-6-4-3-5-13-37-21/h7-9,11,15-16,21,25,30H,3-6,10,12-14,17-18H2,1-2H3,(H,31,32,33,34)/t21-,25-/m0/s1. The zero-order chi connectivity index (χ0) is 25.9. The molecule has 0 aliphatic carbocycles. The van der Waals surface area contributed by atoms with Crippen molar-refractivity contribution in [3.05, 3.63) is 53.2 Å². The third-order valence-electron chi connectivity index (χ3n) is 7.98. The van der Waals surface area contributed by atoms with E-state index in [1.54, 1.807) is 7.11 Å². The van der Waals surface area contributed by atoms with Gasteiger partial charge in [0.15, 0.2) is 0 Å². The van der Waals surface area contributed by atoms with Crippen molar-refractivity contribution in [2.24, 2.45) is 0 Å². The van der Waals surface area contributed by atoms with E-state index in [1.807, 2.05) is 6.20 Å². The summed E-state index contributed by atoms with van der Waals surface area (Å²) >= 11 is 0. The molecule has 1 fully saturated rings. The number of piperidine rings is 1. The van der Waals surface area contributed by atoms with Crippen LogP contribution in [-0.4, -0.2) is 63.5 Å². The fraction of sp³-hybridized carbons (Fsp3) is 0.483. The maximum Gasteiger partial charge on any atom is 0.204 e. The first-order valence-electron chi connectivity index (χ1n) is 13.7. The average Bonchev–Trinajstić information content (AvgIpc) is 3.65. The SMILES string of the molecule is COc1cc(C)c2[nH]ccc2c1CN1CC[C@H]2C[C@H]1c1ccc(-c3nn[nH]n3)cc1OCCCCCCO2. The maximum absolute atomic E-state index is 6.46. The molecule has 1 saturated heterocycles. The van der Waals surface area contributed by atoms with Gasteiger partial charge in [0.25, 0.3) is 0 Å². The summed E-state index contributed by atoms with van der Waals surface area (Å²) < 4.78 is 18.8. The molecule has 4 heterocycles. The van der Waals surface area contributed by atoms with Gasteiger partial charge < -0.3 is 19.2 Å². The van der Waals surface area contributed by atoms with Gasteiger partial charge in [0, 0.05) is 59.5 Å². The van der Waals surface area contributed by atoms with Gasteiger partial charge in [-0.3, -0.25) is 4.90 Å². The number of methoxy groups -OCH3 is 1. The first-order valence-corrected chi connectivity index (χ1v) is 13.7.